The van der Waals surface area contributed by atoms with E-state index in [9.17, 15) is 14.7 Å². The van der Waals surface area contributed by atoms with Gasteiger partial charge in [0.25, 0.3) is 5.91 Å². The van der Waals surface area contributed by atoms with Crippen molar-refractivity contribution in [3.05, 3.63) is 65.2 Å². The van der Waals surface area contributed by atoms with Crippen LogP contribution in [-0.4, -0.2) is 57.5 Å². The zero-order valence-electron chi connectivity index (χ0n) is 19.7. The smallest absolute Gasteiger partial charge is 0.295 e. The Hall–Kier alpha value is -3.32. The number of methoxy groups -OCH3 is 1. The average molecular weight is 453 g/mol. The molecule has 0 aromatic heterocycles. The summed E-state index contributed by atoms with van der Waals surface area (Å²) < 4.78 is 11.3. The average Bonchev–Trinajstić information content (AvgIpc) is 3.07. The highest BCUT2D eigenvalue weighted by Crippen LogP contribution is 2.41. The van der Waals surface area contributed by atoms with E-state index in [2.05, 4.69) is 0 Å². The van der Waals surface area contributed by atoms with Crippen molar-refractivity contribution in [2.75, 3.05) is 40.9 Å². The molecule has 1 saturated heterocycles. The predicted molar refractivity (Wildman–Crippen MR) is 124 cm³/mol. The van der Waals surface area contributed by atoms with Crippen LogP contribution in [0.25, 0.3) is 5.76 Å². The molecular formula is C26H32N2O5. The summed E-state index contributed by atoms with van der Waals surface area (Å²) in [5.41, 5.74) is 1.01. The lowest BCUT2D eigenvalue weighted by Crippen LogP contribution is -3.05. The molecule has 0 spiro atoms. The Kier molecular flexibility index (Phi) is 8.11. The molecule has 1 N–H and O–H groups in total. The van der Waals surface area contributed by atoms with E-state index in [4.69, 9.17) is 9.47 Å². The maximum Gasteiger partial charge on any atom is 0.295 e. The molecule has 0 bridgehead atoms. The lowest BCUT2D eigenvalue weighted by atomic mass is 9.95. The van der Waals surface area contributed by atoms with Crippen molar-refractivity contribution >= 4 is 17.4 Å². The van der Waals surface area contributed by atoms with Crippen LogP contribution < -0.4 is 19.5 Å². The third kappa shape index (κ3) is 5.37. The number of likely N-dealkylation sites (tertiary alicyclic amines) is 1. The Bertz CT molecular complexity index is 1020. The zero-order chi connectivity index (χ0) is 24.0. The Morgan fingerprint density at radius 3 is 2.45 bits per heavy atom. The van der Waals surface area contributed by atoms with Crippen molar-refractivity contribution in [2.45, 2.75) is 25.8 Å². The Balaban J connectivity index is 2.09. The third-order valence-electron chi connectivity index (χ3n) is 5.61. The largest absolute Gasteiger partial charge is 0.872 e. The van der Waals surface area contributed by atoms with Gasteiger partial charge in [-0.05, 0) is 29.7 Å². The number of benzene rings is 2. The van der Waals surface area contributed by atoms with Gasteiger partial charge in [0.1, 0.15) is 0 Å². The molecule has 0 radical (unpaired) electrons. The van der Waals surface area contributed by atoms with Crippen molar-refractivity contribution in [2.24, 2.45) is 0 Å². The number of hydrogen-bond donors (Lipinski definition) is 1. The molecule has 33 heavy (non-hydrogen) atoms. The second-order valence-corrected chi connectivity index (χ2v) is 8.41. The standard InChI is InChI=1S/C26H32N2O5/c1-5-16-33-20-13-12-19(17-21(20)32-4)23-22(24(29)18-10-7-6-8-11-18)25(30)26(31)28(23)15-9-14-27(2)3/h6-8,10-13,17,23,29H,5,9,14-16H2,1-4H3. The summed E-state index contributed by atoms with van der Waals surface area (Å²) in [5, 5.41) is 13.4. The molecule has 2 aromatic carbocycles. The highest BCUT2D eigenvalue weighted by atomic mass is 16.5. The summed E-state index contributed by atoms with van der Waals surface area (Å²) in [7, 11) is 5.61. The van der Waals surface area contributed by atoms with Gasteiger partial charge in [0.15, 0.2) is 11.5 Å². The van der Waals surface area contributed by atoms with Crippen molar-refractivity contribution in [1.82, 2.24) is 4.90 Å². The number of hydrogen-bond acceptors (Lipinski definition) is 5. The van der Waals surface area contributed by atoms with Crippen molar-refractivity contribution in [1.29, 1.82) is 0 Å². The van der Waals surface area contributed by atoms with E-state index < -0.39 is 23.5 Å². The summed E-state index contributed by atoms with van der Waals surface area (Å²) in [4.78, 5) is 28.8. The van der Waals surface area contributed by atoms with Gasteiger partial charge in [-0.1, -0.05) is 49.1 Å². The number of Topliss-reactive ketones (excluding diaryl/α,β-unsaturated/α-hetero) is 1. The third-order valence-corrected chi connectivity index (χ3v) is 5.61. The molecule has 0 saturated carbocycles. The summed E-state index contributed by atoms with van der Waals surface area (Å²) >= 11 is 0. The van der Waals surface area contributed by atoms with Crippen LogP contribution in [0.5, 0.6) is 11.5 Å². The summed E-state index contributed by atoms with van der Waals surface area (Å²) in [6.45, 7) is 3.77. The highest BCUT2D eigenvalue weighted by molar-refractivity contribution is 6.46. The quantitative estimate of drug-likeness (QED) is 0.333. The molecule has 1 atom stereocenters. The van der Waals surface area contributed by atoms with Crippen LogP contribution >= 0.6 is 0 Å². The fourth-order valence-corrected chi connectivity index (χ4v) is 3.98. The topological polar surface area (TPSA) is 83.3 Å². The van der Waals surface area contributed by atoms with Crippen LogP contribution in [0.15, 0.2) is 54.1 Å². The Labute approximate surface area is 195 Å². The second kappa shape index (κ2) is 11.0. The number of carbonyl (C=O) groups is 2. The number of nitrogens with one attached hydrogen (secondary N) is 1. The van der Waals surface area contributed by atoms with Crippen molar-refractivity contribution < 1.29 is 29.1 Å². The molecule has 1 heterocycles. The first-order valence-corrected chi connectivity index (χ1v) is 11.3. The molecular weight excluding hydrogens is 420 g/mol. The van der Waals surface area contributed by atoms with Crippen LogP contribution in [0.2, 0.25) is 0 Å². The number of quaternary nitrogens is 1. The van der Waals surface area contributed by atoms with E-state index in [0.717, 1.165) is 13.0 Å². The van der Waals surface area contributed by atoms with Gasteiger partial charge in [0.05, 0.1) is 40.4 Å². The molecule has 1 aliphatic rings. The van der Waals surface area contributed by atoms with Gasteiger partial charge in [0, 0.05) is 18.5 Å². The number of nitrogens with zero attached hydrogens (tertiary/aromatic N) is 1. The molecule has 1 fully saturated rings. The van der Waals surface area contributed by atoms with Gasteiger partial charge in [0.2, 0.25) is 5.78 Å². The number of ketones is 1. The van der Waals surface area contributed by atoms with E-state index >= 15 is 0 Å². The van der Waals surface area contributed by atoms with E-state index in [-0.39, 0.29) is 5.57 Å². The van der Waals surface area contributed by atoms with E-state index in [1.807, 2.05) is 21.0 Å². The minimum atomic E-state index is -0.774. The fraction of sp³-hybridized carbons (Fsp3) is 0.385. The van der Waals surface area contributed by atoms with E-state index in [1.54, 1.807) is 55.6 Å². The molecule has 7 heteroatoms. The zero-order valence-corrected chi connectivity index (χ0v) is 19.7. The summed E-state index contributed by atoms with van der Waals surface area (Å²) in [5.74, 6) is -0.728. The van der Waals surface area contributed by atoms with Crippen LogP contribution in [-0.2, 0) is 9.59 Å². The van der Waals surface area contributed by atoms with Gasteiger partial charge in [-0.2, -0.15) is 0 Å². The van der Waals surface area contributed by atoms with Gasteiger partial charge in [-0.15, -0.1) is 0 Å². The minimum Gasteiger partial charge on any atom is -0.872 e. The summed E-state index contributed by atoms with van der Waals surface area (Å²) in [6.07, 6.45) is 1.56. The molecule has 2 aromatic rings. The van der Waals surface area contributed by atoms with E-state index in [0.29, 0.717) is 42.2 Å². The number of ether oxygens (including phenoxy) is 2. The Morgan fingerprint density at radius 1 is 1.09 bits per heavy atom. The molecule has 1 amide bonds. The second-order valence-electron chi connectivity index (χ2n) is 8.41. The van der Waals surface area contributed by atoms with Crippen molar-refractivity contribution in [3.8, 4) is 11.5 Å². The normalized spacial score (nSPS) is 17.6. The lowest BCUT2D eigenvalue weighted by molar-refractivity contribution is -0.858. The first-order valence-electron chi connectivity index (χ1n) is 11.3. The maximum atomic E-state index is 13.4. The molecule has 3 rings (SSSR count). The lowest BCUT2D eigenvalue weighted by Gasteiger charge is -2.28. The Morgan fingerprint density at radius 2 is 1.82 bits per heavy atom. The molecule has 176 valence electrons. The molecule has 7 nitrogen and oxygen atoms in total. The van der Waals surface area contributed by atoms with Gasteiger partial charge in [-0.25, -0.2) is 0 Å². The first-order chi connectivity index (χ1) is 15.9. The van der Waals surface area contributed by atoms with Gasteiger partial charge < -0.3 is 24.4 Å². The van der Waals surface area contributed by atoms with Crippen LogP contribution in [0.4, 0.5) is 0 Å². The molecule has 1 unspecified atom stereocenters. The van der Waals surface area contributed by atoms with Gasteiger partial charge in [-0.3, -0.25) is 9.59 Å². The number of rotatable bonds is 10. The molecule has 1 aliphatic heterocycles. The summed E-state index contributed by atoms with van der Waals surface area (Å²) in [6, 6.07) is 13.1. The maximum absolute atomic E-state index is 13.4. The van der Waals surface area contributed by atoms with Gasteiger partial charge >= 0.3 is 0 Å². The fourth-order valence-electron chi connectivity index (χ4n) is 3.98. The highest BCUT2D eigenvalue weighted by Gasteiger charge is 2.44. The van der Waals surface area contributed by atoms with Crippen molar-refractivity contribution in [3.63, 3.8) is 0 Å². The number of carbonyl (C=O) groups excluding carboxylic acids is 2. The number of amides is 1. The predicted octanol–water partition coefficient (Wildman–Crippen LogP) is 1.24. The minimum absolute atomic E-state index is 0.0207. The van der Waals surface area contributed by atoms with Crippen LogP contribution in [0, 0.1) is 0 Å². The van der Waals surface area contributed by atoms with E-state index in [1.165, 1.54) is 9.80 Å². The SMILES string of the molecule is CCCOc1ccc(C2C(=C([O-])c3ccccc3)C(=O)C(=O)N2CCC[NH+](C)C)cc1OC. The monoisotopic (exact) mass is 452 g/mol. The van der Waals surface area contributed by atoms with Crippen LogP contribution in [0.1, 0.15) is 36.9 Å². The molecule has 0 aliphatic carbocycles. The first kappa shape index (κ1) is 24.3. The van der Waals surface area contributed by atoms with Crippen LogP contribution in [0.3, 0.4) is 0 Å².